The molecular weight excluding hydrogens is 252 g/mol. The van der Waals surface area contributed by atoms with Gasteiger partial charge in [-0.25, -0.2) is 0 Å². The number of hydrogen-bond acceptors (Lipinski definition) is 3. The van der Waals surface area contributed by atoms with Crippen molar-refractivity contribution in [1.82, 2.24) is 4.90 Å². The SMILES string of the molecule is CC1CCC(C(=O)N(CCO)C2CCCCC2)CC1N. The highest BCUT2D eigenvalue weighted by Gasteiger charge is 2.34. The standard InChI is InChI=1S/C16H30N2O2/c1-12-7-8-13(11-15(12)17)16(20)18(9-10-19)14-5-3-2-4-6-14/h12-15,19H,2-11,17H2,1H3. The second-order valence-corrected chi connectivity index (χ2v) is 6.70. The molecule has 0 heterocycles. The summed E-state index contributed by atoms with van der Waals surface area (Å²) in [6.45, 7) is 2.74. The third-order valence-electron chi connectivity index (χ3n) is 5.25. The van der Waals surface area contributed by atoms with Gasteiger partial charge in [-0.15, -0.1) is 0 Å². The maximum Gasteiger partial charge on any atom is 0.226 e. The highest BCUT2D eigenvalue weighted by Crippen LogP contribution is 2.31. The number of rotatable bonds is 4. The van der Waals surface area contributed by atoms with E-state index in [-0.39, 0.29) is 24.5 Å². The Labute approximate surface area is 122 Å². The summed E-state index contributed by atoms with van der Waals surface area (Å²) in [4.78, 5) is 14.8. The summed E-state index contributed by atoms with van der Waals surface area (Å²) in [7, 11) is 0. The van der Waals surface area contributed by atoms with E-state index in [1.54, 1.807) is 0 Å². The van der Waals surface area contributed by atoms with Gasteiger partial charge in [0.25, 0.3) is 0 Å². The predicted octanol–water partition coefficient (Wildman–Crippen LogP) is 1.90. The number of carbonyl (C=O) groups excluding carboxylic acids is 1. The molecule has 0 bridgehead atoms. The molecule has 0 spiro atoms. The monoisotopic (exact) mass is 282 g/mol. The molecule has 4 heteroatoms. The summed E-state index contributed by atoms with van der Waals surface area (Å²) < 4.78 is 0. The normalized spacial score (nSPS) is 32.0. The van der Waals surface area contributed by atoms with Crippen molar-refractivity contribution in [2.45, 2.75) is 70.4 Å². The Kier molecular flexibility index (Phi) is 5.85. The molecule has 0 aromatic rings. The van der Waals surface area contributed by atoms with Gasteiger partial charge < -0.3 is 15.7 Å². The minimum Gasteiger partial charge on any atom is -0.395 e. The topological polar surface area (TPSA) is 66.6 Å². The van der Waals surface area contributed by atoms with Gasteiger partial charge in [0.15, 0.2) is 0 Å². The average Bonchev–Trinajstić information content (AvgIpc) is 2.48. The van der Waals surface area contributed by atoms with Gasteiger partial charge in [0.1, 0.15) is 0 Å². The molecule has 2 aliphatic rings. The van der Waals surface area contributed by atoms with E-state index in [2.05, 4.69) is 6.92 Å². The predicted molar refractivity (Wildman–Crippen MR) is 80.2 cm³/mol. The number of nitrogens with zero attached hydrogens (tertiary/aromatic N) is 1. The van der Waals surface area contributed by atoms with Crippen LogP contribution in [-0.4, -0.2) is 41.1 Å². The van der Waals surface area contributed by atoms with E-state index in [1.165, 1.54) is 19.3 Å². The van der Waals surface area contributed by atoms with E-state index in [1.807, 2.05) is 4.90 Å². The molecular formula is C16H30N2O2. The summed E-state index contributed by atoms with van der Waals surface area (Å²) >= 11 is 0. The number of aliphatic hydroxyl groups excluding tert-OH is 1. The van der Waals surface area contributed by atoms with Gasteiger partial charge in [-0.05, 0) is 38.0 Å². The number of hydrogen-bond donors (Lipinski definition) is 2. The Morgan fingerprint density at radius 2 is 1.90 bits per heavy atom. The fourth-order valence-corrected chi connectivity index (χ4v) is 3.79. The first kappa shape index (κ1) is 15.8. The minimum atomic E-state index is 0.0669. The molecule has 20 heavy (non-hydrogen) atoms. The molecule has 2 saturated carbocycles. The Bertz CT molecular complexity index is 316. The van der Waals surface area contributed by atoms with Crippen LogP contribution in [0.4, 0.5) is 0 Å². The quantitative estimate of drug-likeness (QED) is 0.827. The van der Waals surface area contributed by atoms with Crippen molar-refractivity contribution in [2.24, 2.45) is 17.6 Å². The van der Waals surface area contributed by atoms with Gasteiger partial charge in [0, 0.05) is 24.5 Å². The number of amides is 1. The Hall–Kier alpha value is -0.610. The van der Waals surface area contributed by atoms with Gasteiger partial charge >= 0.3 is 0 Å². The molecule has 2 rings (SSSR count). The zero-order valence-corrected chi connectivity index (χ0v) is 12.8. The van der Waals surface area contributed by atoms with Crippen LogP contribution in [0, 0.1) is 11.8 Å². The van der Waals surface area contributed by atoms with Crippen LogP contribution in [0.1, 0.15) is 58.3 Å². The lowest BCUT2D eigenvalue weighted by atomic mass is 9.78. The Morgan fingerprint density at radius 3 is 2.50 bits per heavy atom. The maximum absolute atomic E-state index is 12.8. The molecule has 0 aliphatic heterocycles. The first-order valence-electron chi connectivity index (χ1n) is 8.30. The molecule has 0 saturated heterocycles. The van der Waals surface area contributed by atoms with Crippen molar-refractivity contribution in [2.75, 3.05) is 13.2 Å². The smallest absolute Gasteiger partial charge is 0.226 e. The van der Waals surface area contributed by atoms with Gasteiger partial charge in [-0.3, -0.25) is 4.79 Å². The van der Waals surface area contributed by atoms with Gasteiger partial charge in [-0.1, -0.05) is 26.2 Å². The van der Waals surface area contributed by atoms with E-state index in [4.69, 9.17) is 5.73 Å². The Balaban J connectivity index is 1.98. The fraction of sp³-hybridized carbons (Fsp3) is 0.938. The summed E-state index contributed by atoms with van der Waals surface area (Å²) in [6.07, 6.45) is 8.72. The van der Waals surface area contributed by atoms with E-state index in [9.17, 15) is 9.90 Å². The number of carbonyl (C=O) groups is 1. The molecule has 0 radical (unpaired) electrons. The van der Waals surface area contributed by atoms with Crippen molar-refractivity contribution < 1.29 is 9.90 Å². The van der Waals surface area contributed by atoms with Crippen LogP contribution in [-0.2, 0) is 4.79 Å². The average molecular weight is 282 g/mol. The third kappa shape index (κ3) is 3.73. The molecule has 3 N–H and O–H groups in total. The summed E-state index contributed by atoms with van der Waals surface area (Å²) in [6, 6.07) is 0.499. The van der Waals surface area contributed by atoms with Crippen molar-refractivity contribution in [3.63, 3.8) is 0 Å². The van der Waals surface area contributed by atoms with Crippen LogP contribution < -0.4 is 5.73 Å². The van der Waals surface area contributed by atoms with Crippen LogP contribution in [0.5, 0.6) is 0 Å². The fourth-order valence-electron chi connectivity index (χ4n) is 3.79. The van der Waals surface area contributed by atoms with Crippen molar-refractivity contribution >= 4 is 5.91 Å². The number of nitrogens with two attached hydrogens (primary N) is 1. The number of aliphatic hydroxyl groups is 1. The molecule has 3 unspecified atom stereocenters. The van der Waals surface area contributed by atoms with Crippen molar-refractivity contribution in [1.29, 1.82) is 0 Å². The maximum atomic E-state index is 12.8. The lowest BCUT2D eigenvalue weighted by Crippen LogP contribution is -2.48. The highest BCUT2D eigenvalue weighted by molar-refractivity contribution is 5.79. The summed E-state index contributed by atoms with van der Waals surface area (Å²) in [5.74, 6) is 0.850. The van der Waals surface area contributed by atoms with Crippen molar-refractivity contribution in [3.8, 4) is 0 Å². The molecule has 3 atom stereocenters. The molecule has 2 aliphatic carbocycles. The van der Waals surface area contributed by atoms with Crippen molar-refractivity contribution in [3.05, 3.63) is 0 Å². The molecule has 0 aromatic heterocycles. The van der Waals surface area contributed by atoms with Crippen LogP contribution in [0.15, 0.2) is 0 Å². The molecule has 116 valence electrons. The largest absolute Gasteiger partial charge is 0.395 e. The van der Waals surface area contributed by atoms with Gasteiger partial charge in [-0.2, -0.15) is 0 Å². The zero-order valence-electron chi connectivity index (χ0n) is 12.8. The second kappa shape index (κ2) is 7.41. The minimum absolute atomic E-state index is 0.0669. The molecule has 4 nitrogen and oxygen atoms in total. The first-order valence-corrected chi connectivity index (χ1v) is 8.30. The van der Waals surface area contributed by atoms with Crippen LogP contribution in [0.2, 0.25) is 0 Å². The highest BCUT2D eigenvalue weighted by atomic mass is 16.3. The van der Waals surface area contributed by atoms with Crippen LogP contribution in [0.3, 0.4) is 0 Å². The second-order valence-electron chi connectivity index (χ2n) is 6.70. The van der Waals surface area contributed by atoms with E-state index >= 15 is 0 Å². The lowest BCUT2D eigenvalue weighted by Gasteiger charge is -2.39. The Morgan fingerprint density at radius 1 is 1.20 bits per heavy atom. The molecule has 1 amide bonds. The summed E-state index contributed by atoms with van der Waals surface area (Å²) in [5.41, 5.74) is 6.14. The zero-order chi connectivity index (χ0) is 14.5. The van der Waals surface area contributed by atoms with Gasteiger partial charge in [0.2, 0.25) is 5.91 Å². The van der Waals surface area contributed by atoms with E-state index in [0.29, 0.717) is 18.5 Å². The first-order chi connectivity index (χ1) is 9.63. The van der Waals surface area contributed by atoms with Crippen LogP contribution in [0.25, 0.3) is 0 Å². The third-order valence-corrected chi connectivity index (χ3v) is 5.25. The molecule has 0 aromatic carbocycles. The summed E-state index contributed by atoms with van der Waals surface area (Å²) in [5, 5.41) is 9.29. The van der Waals surface area contributed by atoms with E-state index < -0.39 is 0 Å². The van der Waals surface area contributed by atoms with Gasteiger partial charge in [0.05, 0.1) is 6.61 Å². The molecule has 2 fully saturated rings. The van der Waals surface area contributed by atoms with E-state index in [0.717, 1.165) is 32.1 Å². The lowest BCUT2D eigenvalue weighted by molar-refractivity contribution is -0.140. The van der Waals surface area contributed by atoms with Crippen LogP contribution >= 0.6 is 0 Å².